The summed E-state index contributed by atoms with van der Waals surface area (Å²) >= 11 is 1.44. The van der Waals surface area contributed by atoms with Crippen LogP contribution in [0, 0.1) is 6.92 Å². The van der Waals surface area contributed by atoms with E-state index in [1.807, 2.05) is 19.1 Å². The highest BCUT2D eigenvalue weighted by molar-refractivity contribution is 7.14. The van der Waals surface area contributed by atoms with Gasteiger partial charge in [0.2, 0.25) is 0 Å². The second kappa shape index (κ2) is 4.72. The van der Waals surface area contributed by atoms with Gasteiger partial charge in [-0.2, -0.15) is 0 Å². The largest absolute Gasteiger partial charge is 0.303 e. The monoisotopic (exact) mass is 194 g/mol. The Morgan fingerprint density at radius 1 is 1.46 bits per heavy atom. The first kappa shape index (κ1) is 9.86. The van der Waals surface area contributed by atoms with Gasteiger partial charge in [-0.25, -0.2) is 0 Å². The maximum Gasteiger partial charge on any atom is 0.160 e. The molecule has 0 saturated carbocycles. The topological polar surface area (TPSA) is 34.1 Å². The van der Waals surface area contributed by atoms with E-state index in [1.165, 1.54) is 11.3 Å². The smallest absolute Gasteiger partial charge is 0.160 e. The number of rotatable bonds is 4. The van der Waals surface area contributed by atoms with Crippen molar-refractivity contribution >= 4 is 30.0 Å². The normalized spacial score (nSPS) is 10.5. The number of hydrogen-bond donors (Lipinski definition) is 0. The Morgan fingerprint density at radius 3 is 2.77 bits per heavy atom. The molecular weight excluding hydrogens is 184 g/mol. The zero-order valence-corrected chi connectivity index (χ0v) is 8.14. The molecule has 0 radical (unpaired) electrons. The lowest BCUT2D eigenvalue weighted by atomic mass is 10.2. The summed E-state index contributed by atoms with van der Waals surface area (Å²) in [7, 11) is 0. The first-order valence-corrected chi connectivity index (χ1v) is 4.75. The van der Waals surface area contributed by atoms with Crippen LogP contribution in [0.2, 0.25) is 0 Å². The van der Waals surface area contributed by atoms with Gasteiger partial charge in [-0.3, -0.25) is 4.79 Å². The molecule has 0 aromatic carbocycles. The Morgan fingerprint density at radius 2 is 2.23 bits per heavy atom. The number of carbonyl (C=O) groups excluding carboxylic acids is 2. The fourth-order valence-corrected chi connectivity index (χ4v) is 1.90. The van der Waals surface area contributed by atoms with Crippen LogP contribution in [0.25, 0.3) is 6.08 Å². The van der Waals surface area contributed by atoms with Crippen LogP contribution < -0.4 is 0 Å². The zero-order valence-electron chi connectivity index (χ0n) is 7.32. The average molecular weight is 194 g/mol. The number of aldehydes is 2. The fraction of sp³-hybridized carbons (Fsp3) is 0.200. The minimum absolute atomic E-state index is 0.424. The van der Waals surface area contributed by atoms with Gasteiger partial charge in [0, 0.05) is 11.3 Å². The van der Waals surface area contributed by atoms with Crippen LogP contribution >= 0.6 is 11.3 Å². The summed E-state index contributed by atoms with van der Waals surface area (Å²) in [6, 6.07) is 1.85. The van der Waals surface area contributed by atoms with Crippen LogP contribution in [0.15, 0.2) is 12.1 Å². The van der Waals surface area contributed by atoms with Gasteiger partial charge < -0.3 is 4.79 Å². The van der Waals surface area contributed by atoms with Crippen LogP contribution in [0.1, 0.15) is 26.5 Å². The molecule has 0 unspecified atom stereocenters. The van der Waals surface area contributed by atoms with Gasteiger partial charge in [0.15, 0.2) is 6.29 Å². The van der Waals surface area contributed by atoms with E-state index in [-0.39, 0.29) is 0 Å². The van der Waals surface area contributed by atoms with Gasteiger partial charge in [0.05, 0.1) is 4.88 Å². The molecule has 0 amide bonds. The van der Waals surface area contributed by atoms with Crippen molar-refractivity contribution in [3.63, 3.8) is 0 Å². The molecule has 1 heterocycles. The molecular formula is C10H10O2S. The van der Waals surface area contributed by atoms with E-state index in [0.29, 0.717) is 6.42 Å². The molecule has 0 spiro atoms. The fourth-order valence-electron chi connectivity index (χ4n) is 0.976. The summed E-state index contributed by atoms with van der Waals surface area (Å²) in [6.45, 7) is 1.95. The Bertz CT molecular complexity index is 337. The number of carbonyl (C=O) groups is 2. The third kappa shape index (κ3) is 2.63. The van der Waals surface area contributed by atoms with E-state index in [2.05, 4.69) is 0 Å². The Hall–Kier alpha value is -1.22. The molecule has 0 fully saturated rings. The second-order valence-corrected chi connectivity index (χ2v) is 3.73. The van der Waals surface area contributed by atoms with Crippen LogP contribution in [0.3, 0.4) is 0 Å². The van der Waals surface area contributed by atoms with Crippen molar-refractivity contribution < 1.29 is 9.59 Å². The van der Waals surface area contributed by atoms with E-state index in [4.69, 9.17) is 0 Å². The lowest BCUT2D eigenvalue weighted by Gasteiger charge is -1.86. The summed E-state index contributed by atoms with van der Waals surface area (Å²) in [5, 5.41) is 0. The predicted octanol–water partition coefficient (Wildman–Crippen LogP) is 2.47. The van der Waals surface area contributed by atoms with E-state index < -0.39 is 0 Å². The summed E-state index contributed by atoms with van der Waals surface area (Å²) in [5.74, 6) is 0. The highest BCUT2D eigenvalue weighted by atomic mass is 32.1. The third-order valence-electron chi connectivity index (χ3n) is 1.59. The van der Waals surface area contributed by atoms with Crippen molar-refractivity contribution in [1.82, 2.24) is 0 Å². The SMILES string of the molecule is Cc1cc(C=O)sc1C=CCC=O. The summed E-state index contributed by atoms with van der Waals surface area (Å²) in [4.78, 5) is 22.2. The van der Waals surface area contributed by atoms with Crippen LogP contribution in [0.5, 0.6) is 0 Å². The van der Waals surface area contributed by atoms with Crippen molar-refractivity contribution in [1.29, 1.82) is 0 Å². The van der Waals surface area contributed by atoms with E-state index in [0.717, 1.165) is 27.9 Å². The van der Waals surface area contributed by atoms with Gasteiger partial charge in [0.25, 0.3) is 0 Å². The maximum atomic E-state index is 10.4. The number of aryl methyl sites for hydroxylation is 1. The second-order valence-electron chi connectivity index (χ2n) is 2.62. The van der Waals surface area contributed by atoms with Crippen molar-refractivity contribution in [2.75, 3.05) is 0 Å². The molecule has 0 aliphatic carbocycles. The number of allylic oxidation sites excluding steroid dienone is 1. The standard InChI is InChI=1S/C10H10O2S/c1-8-6-9(7-12)13-10(8)4-2-3-5-11/h2,4-7H,3H2,1H3. The molecule has 1 rings (SSSR count). The van der Waals surface area contributed by atoms with Crippen molar-refractivity contribution in [3.8, 4) is 0 Å². The molecule has 68 valence electrons. The van der Waals surface area contributed by atoms with E-state index in [1.54, 1.807) is 6.08 Å². The van der Waals surface area contributed by atoms with Crippen molar-refractivity contribution in [3.05, 3.63) is 27.5 Å². The van der Waals surface area contributed by atoms with Crippen molar-refractivity contribution in [2.45, 2.75) is 13.3 Å². The van der Waals surface area contributed by atoms with Crippen LogP contribution in [-0.4, -0.2) is 12.6 Å². The summed E-state index contributed by atoms with van der Waals surface area (Å²) in [5.41, 5.74) is 1.08. The summed E-state index contributed by atoms with van der Waals surface area (Å²) in [6.07, 6.45) is 5.78. The lowest BCUT2D eigenvalue weighted by molar-refractivity contribution is -0.107. The Labute approximate surface area is 80.9 Å². The highest BCUT2D eigenvalue weighted by Gasteiger charge is 2.00. The zero-order chi connectivity index (χ0) is 9.68. The van der Waals surface area contributed by atoms with Gasteiger partial charge in [-0.05, 0) is 24.6 Å². The Kier molecular flexibility index (Phi) is 3.58. The summed E-state index contributed by atoms with van der Waals surface area (Å²) < 4.78 is 0. The first-order chi connectivity index (χ1) is 6.27. The van der Waals surface area contributed by atoms with E-state index >= 15 is 0 Å². The third-order valence-corrected chi connectivity index (χ3v) is 2.72. The van der Waals surface area contributed by atoms with Gasteiger partial charge in [0.1, 0.15) is 6.29 Å². The molecule has 0 saturated heterocycles. The molecule has 0 bridgehead atoms. The first-order valence-electron chi connectivity index (χ1n) is 3.93. The molecule has 0 N–H and O–H groups in total. The van der Waals surface area contributed by atoms with Crippen LogP contribution in [-0.2, 0) is 4.79 Å². The predicted molar refractivity (Wildman–Crippen MR) is 54.2 cm³/mol. The molecule has 13 heavy (non-hydrogen) atoms. The Balaban J connectivity index is 2.81. The number of thiophene rings is 1. The molecule has 0 aliphatic rings. The van der Waals surface area contributed by atoms with Gasteiger partial charge in [-0.15, -0.1) is 11.3 Å². The average Bonchev–Trinajstić information content (AvgIpc) is 2.48. The highest BCUT2D eigenvalue weighted by Crippen LogP contribution is 2.21. The number of hydrogen-bond acceptors (Lipinski definition) is 3. The van der Waals surface area contributed by atoms with Gasteiger partial charge >= 0.3 is 0 Å². The van der Waals surface area contributed by atoms with Crippen LogP contribution in [0.4, 0.5) is 0 Å². The molecule has 1 aromatic rings. The van der Waals surface area contributed by atoms with E-state index in [9.17, 15) is 9.59 Å². The van der Waals surface area contributed by atoms with Crippen molar-refractivity contribution in [2.24, 2.45) is 0 Å². The van der Waals surface area contributed by atoms with Gasteiger partial charge in [-0.1, -0.05) is 6.08 Å². The molecule has 0 atom stereocenters. The minimum atomic E-state index is 0.424. The molecule has 3 heteroatoms. The molecule has 1 aromatic heterocycles. The minimum Gasteiger partial charge on any atom is -0.303 e. The molecule has 2 nitrogen and oxygen atoms in total. The lowest BCUT2D eigenvalue weighted by Crippen LogP contribution is -1.69. The maximum absolute atomic E-state index is 10.4. The quantitative estimate of drug-likeness (QED) is 0.690. The molecule has 0 aliphatic heterocycles.